The Bertz CT molecular complexity index is 644. The van der Waals surface area contributed by atoms with Gasteiger partial charge in [-0.3, -0.25) is 14.5 Å². The van der Waals surface area contributed by atoms with Crippen LogP contribution in [-0.2, 0) is 9.59 Å². The van der Waals surface area contributed by atoms with Gasteiger partial charge >= 0.3 is 0 Å². The zero-order chi connectivity index (χ0) is 13.9. The SMILES string of the molecule is O=C(CN1C(=O)COc2cccnc21)Nc1nccs1. The van der Waals surface area contributed by atoms with E-state index in [1.54, 1.807) is 29.9 Å². The highest BCUT2D eigenvalue weighted by Gasteiger charge is 2.28. The predicted octanol–water partition coefficient (Wildman–Crippen LogP) is 0.902. The number of ether oxygens (including phenoxy) is 1. The van der Waals surface area contributed by atoms with E-state index in [4.69, 9.17) is 4.74 Å². The molecular formula is C12H10N4O3S. The second-order valence-corrected chi connectivity index (χ2v) is 4.87. The number of nitrogens with one attached hydrogen (secondary N) is 1. The Kier molecular flexibility index (Phi) is 3.30. The van der Waals surface area contributed by atoms with Crippen molar-refractivity contribution < 1.29 is 14.3 Å². The summed E-state index contributed by atoms with van der Waals surface area (Å²) < 4.78 is 5.26. The molecule has 8 heteroatoms. The molecule has 2 aromatic rings. The number of carbonyl (C=O) groups is 2. The molecule has 2 aromatic heterocycles. The summed E-state index contributed by atoms with van der Waals surface area (Å²) >= 11 is 1.31. The largest absolute Gasteiger partial charge is 0.480 e. The van der Waals surface area contributed by atoms with Crippen molar-refractivity contribution in [2.45, 2.75) is 0 Å². The van der Waals surface area contributed by atoms with Gasteiger partial charge in [0.2, 0.25) is 5.91 Å². The third kappa shape index (κ3) is 2.45. The number of rotatable bonds is 3. The molecule has 3 heterocycles. The maximum atomic E-state index is 11.9. The summed E-state index contributed by atoms with van der Waals surface area (Å²) in [6.45, 7) is -0.213. The lowest BCUT2D eigenvalue weighted by molar-refractivity contribution is -0.123. The molecule has 1 aliphatic rings. The van der Waals surface area contributed by atoms with Crippen LogP contribution in [0.5, 0.6) is 5.75 Å². The van der Waals surface area contributed by atoms with Gasteiger partial charge in [-0.15, -0.1) is 11.3 Å². The normalized spacial score (nSPS) is 13.6. The molecule has 0 saturated carbocycles. The van der Waals surface area contributed by atoms with E-state index in [-0.39, 0.29) is 25.0 Å². The highest BCUT2D eigenvalue weighted by Crippen LogP contribution is 2.28. The first kappa shape index (κ1) is 12.5. The molecule has 2 amide bonds. The molecule has 0 spiro atoms. The van der Waals surface area contributed by atoms with Crippen LogP contribution >= 0.6 is 11.3 Å². The molecule has 0 saturated heterocycles. The van der Waals surface area contributed by atoms with Gasteiger partial charge in [0.15, 0.2) is 23.3 Å². The first-order valence-corrected chi connectivity index (χ1v) is 6.69. The van der Waals surface area contributed by atoms with E-state index in [0.29, 0.717) is 16.7 Å². The lowest BCUT2D eigenvalue weighted by atomic mass is 10.3. The lowest BCUT2D eigenvalue weighted by Gasteiger charge is -2.27. The molecule has 0 atom stereocenters. The molecule has 0 aliphatic carbocycles. The van der Waals surface area contributed by atoms with Crippen LogP contribution < -0.4 is 15.0 Å². The lowest BCUT2D eigenvalue weighted by Crippen LogP contribution is -2.43. The van der Waals surface area contributed by atoms with Crippen LogP contribution in [0.15, 0.2) is 29.9 Å². The highest BCUT2D eigenvalue weighted by atomic mass is 32.1. The van der Waals surface area contributed by atoms with Gasteiger partial charge in [0, 0.05) is 17.8 Å². The van der Waals surface area contributed by atoms with Crippen molar-refractivity contribution in [2.24, 2.45) is 0 Å². The van der Waals surface area contributed by atoms with E-state index in [0.717, 1.165) is 0 Å². The number of thiazole rings is 1. The van der Waals surface area contributed by atoms with E-state index in [2.05, 4.69) is 15.3 Å². The Morgan fingerprint density at radius 1 is 1.45 bits per heavy atom. The van der Waals surface area contributed by atoms with Crippen molar-refractivity contribution in [3.05, 3.63) is 29.9 Å². The van der Waals surface area contributed by atoms with Gasteiger partial charge in [-0.05, 0) is 12.1 Å². The Balaban J connectivity index is 1.76. The third-order valence-corrected chi connectivity index (χ3v) is 3.33. The summed E-state index contributed by atoms with van der Waals surface area (Å²) in [6.07, 6.45) is 3.14. The van der Waals surface area contributed by atoms with Crippen LogP contribution in [0.1, 0.15) is 0 Å². The number of hydrogen-bond donors (Lipinski definition) is 1. The minimum absolute atomic E-state index is 0.0940. The number of aromatic nitrogens is 2. The molecule has 3 rings (SSSR count). The fourth-order valence-corrected chi connectivity index (χ4v) is 2.33. The second-order valence-electron chi connectivity index (χ2n) is 3.98. The molecule has 0 fully saturated rings. The fraction of sp³-hybridized carbons (Fsp3) is 0.167. The Morgan fingerprint density at radius 2 is 2.35 bits per heavy atom. The number of pyridine rings is 1. The van der Waals surface area contributed by atoms with Gasteiger partial charge in [-0.1, -0.05) is 0 Å². The first-order chi connectivity index (χ1) is 9.74. The van der Waals surface area contributed by atoms with Crippen LogP contribution in [0.4, 0.5) is 10.9 Å². The molecular weight excluding hydrogens is 280 g/mol. The first-order valence-electron chi connectivity index (χ1n) is 5.81. The maximum absolute atomic E-state index is 11.9. The number of amides is 2. The molecule has 1 N–H and O–H groups in total. The molecule has 0 radical (unpaired) electrons. The van der Waals surface area contributed by atoms with Gasteiger partial charge in [0.1, 0.15) is 6.54 Å². The monoisotopic (exact) mass is 290 g/mol. The van der Waals surface area contributed by atoms with Crippen molar-refractivity contribution in [3.63, 3.8) is 0 Å². The van der Waals surface area contributed by atoms with Crippen LogP contribution in [0.3, 0.4) is 0 Å². The summed E-state index contributed by atoms with van der Waals surface area (Å²) in [4.78, 5) is 33.1. The summed E-state index contributed by atoms with van der Waals surface area (Å²) in [6, 6.07) is 3.42. The maximum Gasteiger partial charge on any atom is 0.266 e. The summed E-state index contributed by atoms with van der Waals surface area (Å²) in [5, 5.41) is 4.88. The Morgan fingerprint density at radius 3 is 3.15 bits per heavy atom. The van der Waals surface area contributed by atoms with Gasteiger partial charge < -0.3 is 10.1 Å². The minimum Gasteiger partial charge on any atom is -0.480 e. The van der Waals surface area contributed by atoms with Crippen molar-refractivity contribution in [1.29, 1.82) is 0 Å². The highest BCUT2D eigenvalue weighted by molar-refractivity contribution is 7.13. The second kappa shape index (κ2) is 5.25. The van der Waals surface area contributed by atoms with Gasteiger partial charge in [0.25, 0.3) is 5.91 Å². The molecule has 20 heavy (non-hydrogen) atoms. The van der Waals surface area contributed by atoms with E-state index in [1.165, 1.54) is 16.2 Å². The Labute approximate surface area is 118 Å². The van der Waals surface area contributed by atoms with E-state index >= 15 is 0 Å². The third-order valence-electron chi connectivity index (χ3n) is 2.64. The molecule has 1 aliphatic heterocycles. The molecule has 7 nitrogen and oxygen atoms in total. The van der Waals surface area contributed by atoms with Crippen LogP contribution in [-0.4, -0.2) is 34.9 Å². The summed E-state index contributed by atoms with van der Waals surface area (Å²) in [7, 11) is 0. The number of anilines is 2. The average molecular weight is 290 g/mol. The van der Waals surface area contributed by atoms with Gasteiger partial charge in [-0.25, -0.2) is 9.97 Å². The number of carbonyl (C=O) groups excluding carboxylic acids is 2. The van der Waals surface area contributed by atoms with Crippen LogP contribution in [0, 0.1) is 0 Å². The standard InChI is InChI=1S/C12H10N4O3S/c17-9(15-12-14-4-5-20-12)6-16-10(18)7-19-8-2-1-3-13-11(8)16/h1-5H,6-7H2,(H,14,15,17). The van der Waals surface area contributed by atoms with Crippen molar-refractivity contribution in [3.8, 4) is 5.75 Å². The molecule has 0 bridgehead atoms. The van der Waals surface area contributed by atoms with E-state index in [9.17, 15) is 9.59 Å². The Hall–Kier alpha value is -2.48. The fourth-order valence-electron chi connectivity index (χ4n) is 1.78. The average Bonchev–Trinajstić information content (AvgIpc) is 2.95. The van der Waals surface area contributed by atoms with Crippen molar-refractivity contribution >= 4 is 34.1 Å². The summed E-state index contributed by atoms with van der Waals surface area (Å²) in [5.74, 6) is 0.226. The van der Waals surface area contributed by atoms with Crippen LogP contribution in [0.2, 0.25) is 0 Å². The summed E-state index contributed by atoms with van der Waals surface area (Å²) in [5.41, 5.74) is 0. The predicted molar refractivity (Wildman–Crippen MR) is 72.8 cm³/mol. The number of nitrogens with zero attached hydrogens (tertiary/aromatic N) is 3. The quantitative estimate of drug-likeness (QED) is 0.908. The zero-order valence-electron chi connectivity index (χ0n) is 10.3. The minimum atomic E-state index is -0.327. The zero-order valence-corrected chi connectivity index (χ0v) is 11.1. The van der Waals surface area contributed by atoms with E-state index in [1.807, 2.05) is 0 Å². The van der Waals surface area contributed by atoms with Crippen LogP contribution in [0.25, 0.3) is 0 Å². The van der Waals surface area contributed by atoms with Crippen molar-refractivity contribution in [2.75, 3.05) is 23.4 Å². The smallest absolute Gasteiger partial charge is 0.266 e. The van der Waals surface area contributed by atoms with Gasteiger partial charge in [-0.2, -0.15) is 0 Å². The van der Waals surface area contributed by atoms with E-state index < -0.39 is 0 Å². The van der Waals surface area contributed by atoms with Crippen molar-refractivity contribution in [1.82, 2.24) is 9.97 Å². The number of hydrogen-bond acceptors (Lipinski definition) is 6. The molecule has 0 unspecified atom stereocenters. The number of fused-ring (bicyclic) bond motifs is 1. The van der Waals surface area contributed by atoms with Gasteiger partial charge in [0.05, 0.1) is 0 Å². The molecule has 0 aromatic carbocycles. The molecule has 102 valence electrons. The topological polar surface area (TPSA) is 84.4 Å².